The number of hydrogen-bond acceptors (Lipinski definition) is 5. The summed E-state index contributed by atoms with van der Waals surface area (Å²) in [5.74, 6) is 0.683. The predicted octanol–water partition coefficient (Wildman–Crippen LogP) is 3.17. The maximum absolute atomic E-state index is 13.3. The van der Waals surface area contributed by atoms with E-state index in [2.05, 4.69) is 20.8 Å². The first kappa shape index (κ1) is 19.4. The van der Waals surface area contributed by atoms with Crippen molar-refractivity contribution < 1.29 is 14.3 Å². The van der Waals surface area contributed by atoms with Crippen LogP contribution in [0.1, 0.15) is 37.0 Å². The van der Waals surface area contributed by atoms with Gasteiger partial charge < -0.3 is 14.4 Å². The number of morpholine rings is 1. The molecule has 4 rings (SSSR count). The smallest absolute Gasteiger partial charge is 0.272 e. The van der Waals surface area contributed by atoms with E-state index in [1.807, 2.05) is 41.3 Å². The van der Waals surface area contributed by atoms with Gasteiger partial charge in [-0.25, -0.2) is 9.50 Å². The molecule has 29 heavy (non-hydrogen) atoms. The lowest BCUT2D eigenvalue weighted by Gasteiger charge is -2.27. The van der Waals surface area contributed by atoms with Gasteiger partial charge in [-0.15, -0.1) is 0 Å². The third-order valence-electron chi connectivity index (χ3n) is 5.08. The van der Waals surface area contributed by atoms with Gasteiger partial charge in [0.1, 0.15) is 11.4 Å². The molecule has 1 aliphatic heterocycles. The third-order valence-corrected chi connectivity index (χ3v) is 5.08. The molecule has 2 aromatic heterocycles. The molecule has 0 radical (unpaired) electrons. The highest BCUT2D eigenvalue weighted by atomic mass is 16.5. The molecule has 1 aliphatic rings. The van der Waals surface area contributed by atoms with Crippen LogP contribution in [0.4, 0.5) is 0 Å². The van der Waals surface area contributed by atoms with Gasteiger partial charge in [0.25, 0.3) is 5.91 Å². The van der Waals surface area contributed by atoms with Gasteiger partial charge in [0.2, 0.25) is 0 Å². The van der Waals surface area contributed by atoms with Crippen molar-refractivity contribution in [2.75, 3.05) is 33.4 Å². The maximum Gasteiger partial charge on any atom is 0.272 e. The summed E-state index contributed by atoms with van der Waals surface area (Å²) < 4.78 is 12.4. The molecule has 0 atom stereocenters. The first-order chi connectivity index (χ1) is 13.9. The number of carbonyl (C=O) groups is 1. The summed E-state index contributed by atoms with van der Waals surface area (Å²) in [5, 5.41) is 4.72. The van der Waals surface area contributed by atoms with Crippen LogP contribution in [0.3, 0.4) is 0 Å². The number of methoxy groups -OCH3 is 1. The van der Waals surface area contributed by atoms with Crippen molar-refractivity contribution in [2.24, 2.45) is 0 Å². The number of benzene rings is 1. The van der Waals surface area contributed by atoms with E-state index in [9.17, 15) is 4.79 Å². The number of fused-ring (bicyclic) bond motifs is 1. The van der Waals surface area contributed by atoms with Crippen LogP contribution >= 0.6 is 0 Å². The highest BCUT2D eigenvalue weighted by Gasteiger charge is 2.25. The second kappa shape index (κ2) is 7.48. The minimum Gasteiger partial charge on any atom is -0.497 e. The molecule has 0 N–H and O–H groups in total. The van der Waals surface area contributed by atoms with Crippen molar-refractivity contribution in [3.05, 3.63) is 47.8 Å². The lowest BCUT2D eigenvalue weighted by molar-refractivity contribution is 0.0297. The molecular formula is C22H26N4O3. The van der Waals surface area contributed by atoms with Crippen molar-refractivity contribution >= 4 is 11.6 Å². The van der Waals surface area contributed by atoms with Gasteiger partial charge in [-0.3, -0.25) is 4.79 Å². The fourth-order valence-corrected chi connectivity index (χ4v) is 3.35. The summed E-state index contributed by atoms with van der Waals surface area (Å²) in [4.78, 5) is 19.9. The molecule has 7 nitrogen and oxygen atoms in total. The number of ether oxygens (including phenoxy) is 2. The molecule has 0 spiro atoms. The van der Waals surface area contributed by atoms with Gasteiger partial charge in [0.15, 0.2) is 5.65 Å². The Balaban J connectivity index is 1.88. The van der Waals surface area contributed by atoms with E-state index in [0.717, 1.165) is 17.0 Å². The monoisotopic (exact) mass is 394 g/mol. The van der Waals surface area contributed by atoms with Crippen molar-refractivity contribution in [1.82, 2.24) is 19.5 Å². The van der Waals surface area contributed by atoms with Crippen molar-refractivity contribution in [3.8, 4) is 17.0 Å². The van der Waals surface area contributed by atoms with Gasteiger partial charge in [-0.2, -0.15) is 5.10 Å². The first-order valence-corrected chi connectivity index (χ1v) is 9.79. The number of rotatable bonds is 3. The predicted molar refractivity (Wildman–Crippen MR) is 110 cm³/mol. The molecule has 3 aromatic rings. The Hall–Kier alpha value is -2.93. The molecular weight excluding hydrogens is 368 g/mol. The summed E-state index contributed by atoms with van der Waals surface area (Å²) in [6.07, 6.45) is 0. The average molecular weight is 394 g/mol. The molecule has 1 saturated heterocycles. The zero-order valence-electron chi connectivity index (χ0n) is 17.3. The normalized spacial score (nSPS) is 15.0. The molecule has 0 saturated carbocycles. The fourth-order valence-electron chi connectivity index (χ4n) is 3.35. The molecule has 0 aliphatic carbocycles. The van der Waals surface area contributed by atoms with Crippen LogP contribution in [0.15, 0.2) is 36.4 Å². The van der Waals surface area contributed by atoms with Crippen LogP contribution < -0.4 is 4.74 Å². The zero-order valence-corrected chi connectivity index (χ0v) is 17.3. The highest BCUT2D eigenvalue weighted by molar-refractivity contribution is 5.94. The number of nitrogens with zero attached hydrogens (tertiary/aromatic N) is 4. The van der Waals surface area contributed by atoms with E-state index < -0.39 is 0 Å². The Morgan fingerprint density at radius 2 is 1.90 bits per heavy atom. The second-order valence-corrected chi connectivity index (χ2v) is 8.21. The summed E-state index contributed by atoms with van der Waals surface area (Å²) in [6, 6.07) is 11.5. The molecule has 0 bridgehead atoms. The molecule has 1 aromatic carbocycles. The Morgan fingerprint density at radius 1 is 1.14 bits per heavy atom. The van der Waals surface area contributed by atoms with E-state index in [0.29, 0.717) is 43.3 Å². The molecule has 7 heteroatoms. The standard InChI is InChI=1S/C22H26N4O3/c1-22(2,3)19-14-20-23-17(15-6-5-7-16(12-15)28-4)13-18(26(20)24-19)21(27)25-8-10-29-11-9-25/h5-7,12-14H,8-11H2,1-4H3. The zero-order chi connectivity index (χ0) is 20.6. The number of carbonyl (C=O) groups excluding carboxylic acids is 1. The summed E-state index contributed by atoms with van der Waals surface area (Å²) in [5.41, 5.74) is 3.51. The van der Waals surface area contributed by atoms with Crippen molar-refractivity contribution in [1.29, 1.82) is 0 Å². The van der Waals surface area contributed by atoms with E-state index in [-0.39, 0.29) is 11.3 Å². The lowest BCUT2D eigenvalue weighted by atomic mass is 9.93. The van der Waals surface area contributed by atoms with Crippen LogP contribution in [0.25, 0.3) is 16.9 Å². The van der Waals surface area contributed by atoms with Crippen LogP contribution in [0.2, 0.25) is 0 Å². The van der Waals surface area contributed by atoms with Crippen molar-refractivity contribution in [2.45, 2.75) is 26.2 Å². The molecule has 1 fully saturated rings. The molecule has 3 heterocycles. The van der Waals surface area contributed by atoms with E-state index in [1.165, 1.54) is 0 Å². The average Bonchev–Trinajstić information content (AvgIpc) is 3.18. The van der Waals surface area contributed by atoms with Gasteiger partial charge in [-0.1, -0.05) is 32.9 Å². The molecule has 0 unspecified atom stereocenters. The minimum atomic E-state index is -0.150. The topological polar surface area (TPSA) is 69.0 Å². The summed E-state index contributed by atoms with van der Waals surface area (Å²) in [6.45, 7) is 8.54. The maximum atomic E-state index is 13.3. The first-order valence-electron chi connectivity index (χ1n) is 9.79. The van der Waals surface area contributed by atoms with Crippen molar-refractivity contribution in [3.63, 3.8) is 0 Å². The van der Waals surface area contributed by atoms with Gasteiger partial charge in [-0.05, 0) is 18.2 Å². The number of hydrogen-bond donors (Lipinski definition) is 0. The van der Waals surface area contributed by atoms with Crippen LogP contribution in [-0.2, 0) is 10.2 Å². The fraction of sp³-hybridized carbons (Fsp3) is 0.409. The summed E-state index contributed by atoms with van der Waals surface area (Å²) >= 11 is 0. The van der Waals surface area contributed by atoms with Crippen LogP contribution in [-0.4, -0.2) is 58.8 Å². The van der Waals surface area contributed by atoms with Gasteiger partial charge in [0, 0.05) is 30.1 Å². The Bertz CT molecular complexity index is 1050. The lowest BCUT2D eigenvalue weighted by Crippen LogP contribution is -2.41. The molecule has 152 valence electrons. The Morgan fingerprint density at radius 3 is 2.59 bits per heavy atom. The Kier molecular flexibility index (Phi) is 5.00. The van der Waals surface area contributed by atoms with Gasteiger partial charge >= 0.3 is 0 Å². The van der Waals surface area contributed by atoms with E-state index >= 15 is 0 Å². The van der Waals surface area contributed by atoms with Gasteiger partial charge in [0.05, 0.1) is 31.7 Å². The SMILES string of the molecule is COc1cccc(-c2cc(C(=O)N3CCOCC3)n3nc(C(C)(C)C)cc3n2)c1. The largest absolute Gasteiger partial charge is 0.497 e. The number of amides is 1. The van der Waals surface area contributed by atoms with Crippen LogP contribution in [0, 0.1) is 0 Å². The van der Waals surface area contributed by atoms with Crippen LogP contribution in [0.5, 0.6) is 5.75 Å². The highest BCUT2D eigenvalue weighted by Crippen LogP contribution is 2.27. The second-order valence-electron chi connectivity index (χ2n) is 8.21. The van der Waals surface area contributed by atoms with E-state index in [4.69, 9.17) is 19.6 Å². The third kappa shape index (κ3) is 3.82. The minimum absolute atomic E-state index is 0.0617. The van der Waals surface area contributed by atoms with E-state index in [1.54, 1.807) is 11.6 Å². The number of aromatic nitrogens is 3. The quantitative estimate of drug-likeness (QED) is 0.682. The molecule has 1 amide bonds. The summed E-state index contributed by atoms with van der Waals surface area (Å²) in [7, 11) is 1.63. The Labute approximate surface area is 170 Å².